The highest BCUT2D eigenvalue weighted by Crippen LogP contribution is 2.19. The van der Waals surface area contributed by atoms with Crippen LogP contribution in [-0.2, 0) is 6.42 Å². The average molecular weight is 226 g/mol. The van der Waals surface area contributed by atoms with Crippen molar-refractivity contribution in [2.75, 3.05) is 0 Å². The second-order valence-corrected chi connectivity index (χ2v) is 4.40. The first-order valence-corrected chi connectivity index (χ1v) is 6.10. The SMILES string of the molecule is CCCc1cc(-c2cccc(C)n2)cc(C)n1. The second-order valence-electron chi connectivity index (χ2n) is 4.40. The van der Waals surface area contributed by atoms with Crippen LogP contribution >= 0.6 is 0 Å². The van der Waals surface area contributed by atoms with Crippen molar-refractivity contribution in [2.24, 2.45) is 0 Å². The van der Waals surface area contributed by atoms with E-state index >= 15 is 0 Å². The molecule has 2 nitrogen and oxygen atoms in total. The molecule has 0 radical (unpaired) electrons. The minimum absolute atomic E-state index is 1.03. The lowest BCUT2D eigenvalue weighted by atomic mass is 10.1. The Bertz CT molecular complexity index is 518. The number of nitrogens with zero attached hydrogens (tertiary/aromatic N) is 2. The van der Waals surface area contributed by atoms with Crippen molar-refractivity contribution in [1.29, 1.82) is 0 Å². The highest BCUT2D eigenvalue weighted by Gasteiger charge is 2.03. The van der Waals surface area contributed by atoms with Crippen molar-refractivity contribution in [3.8, 4) is 11.3 Å². The minimum Gasteiger partial charge on any atom is -0.258 e. The van der Waals surface area contributed by atoms with Gasteiger partial charge in [-0.15, -0.1) is 0 Å². The summed E-state index contributed by atoms with van der Waals surface area (Å²) in [4.78, 5) is 9.10. The molecule has 88 valence electrons. The van der Waals surface area contributed by atoms with E-state index in [0.29, 0.717) is 0 Å². The molecular formula is C15H18N2. The first kappa shape index (κ1) is 11.8. The van der Waals surface area contributed by atoms with Gasteiger partial charge < -0.3 is 0 Å². The van der Waals surface area contributed by atoms with Gasteiger partial charge in [-0.05, 0) is 44.5 Å². The molecule has 0 spiro atoms. The van der Waals surface area contributed by atoms with Gasteiger partial charge in [0.25, 0.3) is 0 Å². The molecule has 2 rings (SSSR count). The molecule has 0 N–H and O–H groups in total. The Morgan fingerprint density at radius 3 is 2.53 bits per heavy atom. The first-order valence-electron chi connectivity index (χ1n) is 6.10. The van der Waals surface area contributed by atoms with E-state index in [1.807, 2.05) is 26.0 Å². The molecule has 0 unspecified atom stereocenters. The molecule has 0 aliphatic heterocycles. The summed E-state index contributed by atoms with van der Waals surface area (Å²) in [6.45, 7) is 6.23. The zero-order valence-electron chi connectivity index (χ0n) is 10.7. The van der Waals surface area contributed by atoms with Crippen LogP contribution in [0.1, 0.15) is 30.4 Å². The average Bonchev–Trinajstić information content (AvgIpc) is 2.28. The molecule has 2 aromatic rings. The molecule has 0 atom stereocenters. The Balaban J connectivity index is 2.44. The van der Waals surface area contributed by atoms with Crippen LogP contribution in [0, 0.1) is 13.8 Å². The van der Waals surface area contributed by atoms with Crippen molar-refractivity contribution in [3.63, 3.8) is 0 Å². The monoisotopic (exact) mass is 226 g/mol. The Hall–Kier alpha value is -1.70. The highest BCUT2D eigenvalue weighted by atomic mass is 14.7. The smallest absolute Gasteiger partial charge is 0.0706 e. The lowest BCUT2D eigenvalue weighted by Gasteiger charge is -2.06. The largest absolute Gasteiger partial charge is 0.258 e. The molecule has 0 bridgehead atoms. The maximum absolute atomic E-state index is 4.56. The van der Waals surface area contributed by atoms with Gasteiger partial charge in [-0.2, -0.15) is 0 Å². The van der Waals surface area contributed by atoms with Gasteiger partial charge in [0.15, 0.2) is 0 Å². The second kappa shape index (κ2) is 5.09. The fourth-order valence-corrected chi connectivity index (χ4v) is 1.97. The van der Waals surface area contributed by atoms with E-state index in [-0.39, 0.29) is 0 Å². The Morgan fingerprint density at radius 1 is 1.00 bits per heavy atom. The van der Waals surface area contributed by atoms with Crippen LogP contribution in [0.4, 0.5) is 0 Å². The zero-order chi connectivity index (χ0) is 12.3. The fourth-order valence-electron chi connectivity index (χ4n) is 1.97. The van der Waals surface area contributed by atoms with Crippen molar-refractivity contribution < 1.29 is 0 Å². The molecule has 2 heterocycles. The van der Waals surface area contributed by atoms with Crippen LogP contribution in [0.5, 0.6) is 0 Å². The third kappa shape index (κ3) is 2.90. The molecule has 0 aliphatic carbocycles. The topological polar surface area (TPSA) is 25.8 Å². The van der Waals surface area contributed by atoms with Crippen LogP contribution in [0.25, 0.3) is 11.3 Å². The maximum atomic E-state index is 4.56. The van der Waals surface area contributed by atoms with E-state index in [1.165, 1.54) is 5.56 Å². The Morgan fingerprint density at radius 2 is 1.82 bits per heavy atom. The van der Waals surface area contributed by atoms with Gasteiger partial charge in [0.2, 0.25) is 0 Å². The fraction of sp³-hybridized carbons (Fsp3) is 0.333. The van der Waals surface area contributed by atoms with Crippen LogP contribution in [-0.4, -0.2) is 9.97 Å². The number of hydrogen-bond acceptors (Lipinski definition) is 2. The van der Waals surface area contributed by atoms with Gasteiger partial charge in [-0.1, -0.05) is 19.4 Å². The summed E-state index contributed by atoms with van der Waals surface area (Å²) in [6, 6.07) is 10.4. The molecule has 0 aliphatic rings. The summed E-state index contributed by atoms with van der Waals surface area (Å²) >= 11 is 0. The van der Waals surface area contributed by atoms with Crippen molar-refractivity contribution in [2.45, 2.75) is 33.6 Å². The van der Waals surface area contributed by atoms with Crippen molar-refractivity contribution >= 4 is 0 Å². The first-order chi connectivity index (χ1) is 8.19. The summed E-state index contributed by atoms with van der Waals surface area (Å²) in [5.74, 6) is 0. The quantitative estimate of drug-likeness (QED) is 0.797. The summed E-state index contributed by atoms with van der Waals surface area (Å²) in [6.07, 6.45) is 2.15. The molecule has 0 fully saturated rings. The predicted molar refractivity (Wildman–Crippen MR) is 70.9 cm³/mol. The van der Waals surface area contributed by atoms with Crippen LogP contribution in [0.15, 0.2) is 30.3 Å². The minimum atomic E-state index is 1.03. The summed E-state index contributed by atoms with van der Waals surface area (Å²) < 4.78 is 0. The van der Waals surface area contributed by atoms with Crippen molar-refractivity contribution in [3.05, 3.63) is 47.4 Å². The van der Waals surface area contributed by atoms with Gasteiger partial charge in [0, 0.05) is 22.6 Å². The lowest BCUT2D eigenvalue weighted by molar-refractivity contribution is 0.874. The number of hydrogen-bond donors (Lipinski definition) is 0. The molecule has 17 heavy (non-hydrogen) atoms. The summed E-state index contributed by atoms with van der Waals surface area (Å²) in [5.41, 5.74) is 5.48. The third-order valence-electron chi connectivity index (χ3n) is 2.70. The van der Waals surface area contributed by atoms with Gasteiger partial charge in [0.05, 0.1) is 5.69 Å². The van der Waals surface area contributed by atoms with Crippen molar-refractivity contribution in [1.82, 2.24) is 9.97 Å². The summed E-state index contributed by atoms with van der Waals surface area (Å²) in [5, 5.41) is 0. The van der Waals surface area contributed by atoms with Gasteiger partial charge in [-0.3, -0.25) is 9.97 Å². The van der Waals surface area contributed by atoms with E-state index in [0.717, 1.165) is 35.6 Å². The maximum Gasteiger partial charge on any atom is 0.0706 e. The molecule has 0 aromatic carbocycles. The molecule has 2 aromatic heterocycles. The lowest BCUT2D eigenvalue weighted by Crippen LogP contribution is -1.95. The van der Waals surface area contributed by atoms with Crippen LogP contribution in [0.2, 0.25) is 0 Å². The van der Waals surface area contributed by atoms with E-state index < -0.39 is 0 Å². The number of rotatable bonds is 3. The standard InChI is InChI=1S/C15H18N2/c1-4-6-14-10-13(9-12(3)16-14)15-8-5-7-11(2)17-15/h5,7-10H,4,6H2,1-3H3. The van der Waals surface area contributed by atoms with Gasteiger partial charge in [-0.25, -0.2) is 0 Å². The Kier molecular flexibility index (Phi) is 3.52. The number of pyridine rings is 2. The summed E-state index contributed by atoms with van der Waals surface area (Å²) in [7, 11) is 0. The number of aryl methyl sites for hydroxylation is 3. The van der Waals surface area contributed by atoms with E-state index in [4.69, 9.17) is 0 Å². The predicted octanol–water partition coefficient (Wildman–Crippen LogP) is 3.71. The van der Waals surface area contributed by atoms with E-state index in [1.54, 1.807) is 0 Å². The van der Waals surface area contributed by atoms with E-state index in [2.05, 4.69) is 35.1 Å². The normalized spacial score (nSPS) is 10.5. The molecular weight excluding hydrogens is 208 g/mol. The molecule has 0 saturated heterocycles. The number of aromatic nitrogens is 2. The molecule has 0 amide bonds. The van der Waals surface area contributed by atoms with Crippen LogP contribution in [0.3, 0.4) is 0 Å². The third-order valence-corrected chi connectivity index (χ3v) is 2.70. The zero-order valence-corrected chi connectivity index (χ0v) is 10.7. The van der Waals surface area contributed by atoms with Gasteiger partial charge in [0.1, 0.15) is 0 Å². The van der Waals surface area contributed by atoms with Gasteiger partial charge >= 0.3 is 0 Å². The Labute approximate surface area is 103 Å². The van der Waals surface area contributed by atoms with Crippen LogP contribution < -0.4 is 0 Å². The molecule has 2 heteroatoms. The molecule has 0 saturated carbocycles. The van der Waals surface area contributed by atoms with E-state index in [9.17, 15) is 0 Å². The highest BCUT2D eigenvalue weighted by molar-refractivity contribution is 5.60.